The number of hydrogen-bond acceptors (Lipinski definition) is 3. The van der Waals surface area contributed by atoms with Gasteiger partial charge in [0, 0.05) is 23.2 Å². The van der Waals surface area contributed by atoms with Crippen LogP contribution in [-0.4, -0.2) is 9.97 Å². The lowest BCUT2D eigenvalue weighted by Gasteiger charge is -1.90. The first kappa shape index (κ1) is 11.4. The summed E-state index contributed by atoms with van der Waals surface area (Å²) in [4.78, 5) is 8.14. The van der Waals surface area contributed by atoms with Crippen molar-refractivity contribution in [1.29, 1.82) is 0 Å². The van der Waals surface area contributed by atoms with Crippen LogP contribution < -0.4 is 0 Å². The van der Waals surface area contributed by atoms with Crippen LogP contribution in [0.15, 0.2) is 77.7 Å². The quantitative estimate of drug-likeness (QED) is 0.471. The molecular weight excluding hydrogens is 236 g/mol. The van der Waals surface area contributed by atoms with Crippen molar-refractivity contribution in [2.75, 3.05) is 0 Å². The van der Waals surface area contributed by atoms with E-state index in [0.717, 1.165) is 22.0 Å². The van der Waals surface area contributed by atoms with Gasteiger partial charge in [0.2, 0.25) is 0 Å². The second-order valence-electron chi connectivity index (χ2n) is 4.01. The van der Waals surface area contributed by atoms with Gasteiger partial charge in [0.25, 0.3) is 0 Å². The van der Waals surface area contributed by atoms with Crippen molar-refractivity contribution in [2.24, 2.45) is 0 Å². The van der Waals surface area contributed by atoms with Crippen molar-refractivity contribution < 1.29 is 4.42 Å². The number of furan rings is 1. The highest BCUT2D eigenvalue weighted by molar-refractivity contribution is 5.76. The van der Waals surface area contributed by atoms with Crippen molar-refractivity contribution in [3.63, 3.8) is 0 Å². The summed E-state index contributed by atoms with van der Waals surface area (Å²) in [6.07, 6.45) is 5.19. The van der Waals surface area contributed by atoms with Crippen LogP contribution in [0, 0.1) is 0 Å². The van der Waals surface area contributed by atoms with Gasteiger partial charge < -0.3 is 4.42 Å². The zero-order chi connectivity index (χ0) is 12.9. The highest BCUT2D eigenvalue weighted by Gasteiger charge is 1.89. The van der Waals surface area contributed by atoms with E-state index in [0.29, 0.717) is 0 Å². The number of rotatable bonds is 0. The summed E-state index contributed by atoms with van der Waals surface area (Å²) in [7, 11) is 0. The van der Waals surface area contributed by atoms with Gasteiger partial charge in [-0.15, -0.1) is 0 Å². The van der Waals surface area contributed by atoms with E-state index in [9.17, 15) is 0 Å². The average molecular weight is 248 g/mol. The number of aromatic nitrogens is 2. The van der Waals surface area contributed by atoms with Crippen LogP contribution in [0.1, 0.15) is 0 Å². The number of para-hydroxylation sites is 1. The van der Waals surface area contributed by atoms with Crippen LogP contribution in [-0.2, 0) is 0 Å². The third-order valence-electron chi connectivity index (χ3n) is 2.74. The normalized spacial score (nSPS) is 10.1. The van der Waals surface area contributed by atoms with Gasteiger partial charge in [-0.1, -0.05) is 18.2 Å². The Labute approximate surface area is 110 Å². The Kier molecular flexibility index (Phi) is 3.19. The molecular formula is C16H12N2O. The third kappa shape index (κ3) is 2.60. The summed E-state index contributed by atoms with van der Waals surface area (Å²) in [6, 6.07) is 17.7. The Balaban J connectivity index is 0.000000117. The van der Waals surface area contributed by atoms with Gasteiger partial charge in [-0.2, -0.15) is 0 Å². The molecule has 0 aliphatic rings. The monoisotopic (exact) mass is 248 g/mol. The Hall–Kier alpha value is -2.68. The van der Waals surface area contributed by atoms with Gasteiger partial charge in [-0.25, -0.2) is 9.97 Å². The summed E-state index contributed by atoms with van der Waals surface area (Å²) in [5, 5.41) is 2.25. The number of fused-ring (bicyclic) bond motifs is 2. The lowest BCUT2D eigenvalue weighted by atomic mass is 10.3. The van der Waals surface area contributed by atoms with E-state index in [1.54, 1.807) is 18.7 Å². The largest absolute Gasteiger partial charge is 0.464 e. The van der Waals surface area contributed by atoms with Crippen molar-refractivity contribution in [1.82, 2.24) is 9.97 Å². The van der Waals surface area contributed by atoms with Crippen LogP contribution in [0.5, 0.6) is 0 Å². The van der Waals surface area contributed by atoms with Gasteiger partial charge in [0.05, 0.1) is 6.26 Å². The minimum Gasteiger partial charge on any atom is -0.464 e. The molecule has 0 spiro atoms. The topological polar surface area (TPSA) is 38.9 Å². The average Bonchev–Trinajstić information content (AvgIpc) is 2.96. The van der Waals surface area contributed by atoms with Crippen molar-refractivity contribution in [2.45, 2.75) is 0 Å². The van der Waals surface area contributed by atoms with Gasteiger partial charge in [0.1, 0.15) is 5.58 Å². The lowest BCUT2D eigenvalue weighted by molar-refractivity contribution is 0.616. The van der Waals surface area contributed by atoms with E-state index >= 15 is 0 Å². The highest BCUT2D eigenvalue weighted by atomic mass is 16.3. The maximum Gasteiger partial charge on any atom is 0.159 e. The van der Waals surface area contributed by atoms with Crippen LogP contribution >= 0.6 is 0 Å². The molecule has 3 aromatic heterocycles. The molecule has 3 heteroatoms. The van der Waals surface area contributed by atoms with Crippen molar-refractivity contribution in [3.05, 3.63) is 73.3 Å². The van der Waals surface area contributed by atoms with Gasteiger partial charge in [0.15, 0.2) is 5.65 Å². The molecule has 0 radical (unpaired) electrons. The molecule has 3 nitrogen and oxygen atoms in total. The summed E-state index contributed by atoms with van der Waals surface area (Å²) in [5.41, 5.74) is 1.77. The van der Waals surface area contributed by atoms with Crippen LogP contribution in [0.3, 0.4) is 0 Å². The smallest absolute Gasteiger partial charge is 0.159 e. The van der Waals surface area contributed by atoms with Gasteiger partial charge >= 0.3 is 0 Å². The number of nitrogens with zero attached hydrogens (tertiary/aromatic N) is 2. The molecule has 92 valence electrons. The van der Waals surface area contributed by atoms with Crippen LogP contribution in [0.2, 0.25) is 0 Å². The molecule has 0 aliphatic carbocycles. The molecule has 0 amide bonds. The molecule has 0 saturated heterocycles. The number of benzene rings is 1. The fraction of sp³-hybridized carbons (Fsp3) is 0. The molecule has 0 bridgehead atoms. The Morgan fingerprint density at radius 3 is 2.05 bits per heavy atom. The van der Waals surface area contributed by atoms with E-state index < -0.39 is 0 Å². The Bertz CT molecular complexity index is 697. The zero-order valence-corrected chi connectivity index (χ0v) is 10.2. The Morgan fingerprint density at radius 2 is 1.37 bits per heavy atom. The maximum atomic E-state index is 5.12. The molecule has 19 heavy (non-hydrogen) atoms. The first-order valence-corrected chi connectivity index (χ1v) is 6.01. The zero-order valence-electron chi connectivity index (χ0n) is 10.2. The van der Waals surface area contributed by atoms with E-state index in [1.807, 2.05) is 54.6 Å². The summed E-state index contributed by atoms with van der Waals surface area (Å²) >= 11 is 0. The van der Waals surface area contributed by atoms with Crippen molar-refractivity contribution >= 4 is 22.0 Å². The third-order valence-corrected chi connectivity index (χ3v) is 2.74. The second kappa shape index (κ2) is 5.31. The second-order valence-corrected chi connectivity index (χ2v) is 4.01. The lowest BCUT2D eigenvalue weighted by Crippen LogP contribution is -1.78. The highest BCUT2D eigenvalue weighted by Crippen LogP contribution is 2.12. The van der Waals surface area contributed by atoms with E-state index in [-0.39, 0.29) is 0 Å². The fourth-order valence-electron chi connectivity index (χ4n) is 1.81. The molecule has 0 aliphatic heterocycles. The minimum atomic E-state index is 0.810. The molecule has 4 aromatic rings. The summed E-state index contributed by atoms with van der Waals surface area (Å²) in [6.45, 7) is 0. The van der Waals surface area contributed by atoms with E-state index in [1.165, 1.54) is 0 Å². The standard InChI is InChI=1S/C8H6N2.C8H6O/c1-3-7-4-2-6-10-8(7)9-5-1;1-2-4-8-7(3-1)5-6-9-8/h1-6H;1-6H. The van der Waals surface area contributed by atoms with Gasteiger partial charge in [-0.05, 0) is 36.4 Å². The van der Waals surface area contributed by atoms with Gasteiger partial charge in [-0.3, -0.25) is 0 Å². The molecule has 3 heterocycles. The predicted octanol–water partition coefficient (Wildman–Crippen LogP) is 4.06. The summed E-state index contributed by atoms with van der Waals surface area (Å²) < 4.78 is 5.12. The molecule has 0 fully saturated rings. The fourth-order valence-corrected chi connectivity index (χ4v) is 1.81. The van der Waals surface area contributed by atoms with Crippen LogP contribution in [0.4, 0.5) is 0 Å². The molecule has 0 N–H and O–H groups in total. The SMILES string of the molecule is c1ccc2occc2c1.c1cnc2ncccc2c1. The molecule has 4 rings (SSSR count). The van der Waals surface area contributed by atoms with Crippen molar-refractivity contribution in [3.8, 4) is 0 Å². The molecule has 0 atom stereocenters. The number of hydrogen-bond donors (Lipinski definition) is 0. The first-order valence-electron chi connectivity index (χ1n) is 6.01. The molecule has 1 aromatic carbocycles. The summed E-state index contributed by atoms with van der Waals surface area (Å²) in [5.74, 6) is 0. The minimum absolute atomic E-state index is 0.810. The number of pyridine rings is 2. The molecule has 0 saturated carbocycles. The van der Waals surface area contributed by atoms with Crippen LogP contribution in [0.25, 0.3) is 22.0 Å². The maximum absolute atomic E-state index is 5.12. The molecule has 0 unspecified atom stereocenters. The van der Waals surface area contributed by atoms with E-state index in [2.05, 4.69) is 9.97 Å². The predicted molar refractivity (Wildman–Crippen MR) is 75.8 cm³/mol. The van der Waals surface area contributed by atoms with E-state index in [4.69, 9.17) is 4.42 Å². The Morgan fingerprint density at radius 1 is 0.684 bits per heavy atom. The first-order chi connectivity index (χ1) is 9.43.